The van der Waals surface area contributed by atoms with Gasteiger partial charge in [-0.25, -0.2) is 0 Å². The molecule has 0 fully saturated rings. The Labute approximate surface area is 116 Å². The maximum atomic E-state index is 12.1. The van der Waals surface area contributed by atoms with Crippen molar-refractivity contribution in [2.75, 3.05) is 13.2 Å². The number of carbonyl (C=O) groups excluding carboxylic acids is 2. The molecule has 0 N–H and O–H groups in total. The molecule has 0 heterocycles. The van der Waals surface area contributed by atoms with Gasteiger partial charge in [-0.15, -0.1) is 0 Å². The minimum Gasteiger partial charge on any atom is -0.466 e. The molecular weight excluding hydrogens is 244 g/mol. The zero-order valence-corrected chi connectivity index (χ0v) is 12.9. The summed E-state index contributed by atoms with van der Waals surface area (Å²) < 4.78 is 10.2. The molecule has 4 heteroatoms. The zero-order chi connectivity index (χ0) is 14.8. The number of hydrogen-bond donors (Lipinski definition) is 0. The molecule has 0 saturated heterocycles. The Kier molecular flexibility index (Phi) is 9.27. The maximum Gasteiger partial charge on any atom is 0.310 e. The number of rotatable bonds is 9. The van der Waals surface area contributed by atoms with E-state index < -0.39 is 5.92 Å². The van der Waals surface area contributed by atoms with E-state index in [0.717, 1.165) is 12.8 Å². The Hall–Kier alpha value is -1.06. The van der Waals surface area contributed by atoms with E-state index in [2.05, 4.69) is 6.92 Å². The van der Waals surface area contributed by atoms with Crippen molar-refractivity contribution in [3.8, 4) is 0 Å². The molecule has 2 unspecified atom stereocenters. The van der Waals surface area contributed by atoms with Crippen LogP contribution in [0, 0.1) is 17.8 Å². The summed E-state index contributed by atoms with van der Waals surface area (Å²) in [5.74, 6) is -1.30. The lowest BCUT2D eigenvalue weighted by Gasteiger charge is -2.26. The van der Waals surface area contributed by atoms with Crippen LogP contribution in [0.2, 0.25) is 0 Å². The van der Waals surface area contributed by atoms with E-state index in [9.17, 15) is 9.59 Å². The number of carbonyl (C=O) groups is 2. The van der Waals surface area contributed by atoms with Crippen LogP contribution in [0.5, 0.6) is 0 Å². The predicted molar refractivity (Wildman–Crippen MR) is 74.6 cm³/mol. The summed E-state index contributed by atoms with van der Waals surface area (Å²) in [6.45, 7) is 10.2. The molecule has 112 valence electrons. The number of unbranched alkanes of at least 4 members (excludes halogenated alkanes) is 1. The third-order valence-corrected chi connectivity index (χ3v) is 3.17. The summed E-state index contributed by atoms with van der Waals surface area (Å²) in [6, 6.07) is 0. The van der Waals surface area contributed by atoms with E-state index >= 15 is 0 Å². The smallest absolute Gasteiger partial charge is 0.310 e. The molecule has 0 aromatic heterocycles. The van der Waals surface area contributed by atoms with E-state index in [1.165, 1.54) is 0 Å². The summed E-state index contributed by atoms with van der Waals surface area (Å²) in [5.41, 5.74) is 0. The van der Waals surface area contributed by atoms with Gasteiger partial charge in [-0.1, -0.05) is 33.6 Å². The fourth-order valence-corrected chi connectivity index (χ4v) is 2.26. The molecule has 0 radical (unpaired) electrons. The first kappa shape index (κ1) is 17.9. The number of ether oxygens (including phenoxy) is 2. The molecule has 0 aliphatic heterocycles. The van der Waals surface area contributed by atoms with Crippen molar-refractivity contribution < 1.29 is 19.1 Å². The van der Waals surface area contributed by atoms with Crippen LogP contribution in [-0.4, -0.2) is 25.2 Å². The van der Waals surface area contributed by atoms with Crippen LogP contribution in [0.1, 0.15) is 53.9 Å². The van der Waals surface area contributed by atoms with Crippen molar-refractivity contribution in [3.63, 3.8) is 0 Å². The Bertz CT molecular complexity index is 273. The van der Waals surface area contributed by atoms with Gasteiger partial charge >= 0.3 is 11.9 Å². The fraction of sp³-hybridized carbons (Fsp3) is 0.867. The molecule has 0 aromatic carbocycles. The summed E-state index contributed by atoms with van der Waals surface area (Å²) in [6.07, 6.45) is 2.58. The molecule has 0 saturated carbocycles. The zero-order valence-electron chi connectivity index (χ0n) is 12.9. The first-order chi connectivity index (χ1) is 8.99. The van der Waals surface area contributed by atoms with E-state index in [0.29, 0.717) is 19.6 Å². The summed E-state index contributed by atoms with van der Waals surface area (Å²) in [4.78, 5) is 24.1. The SMILES string of the molecule is CCCCC(C(=O)OCC)C(C(=O)OCC)C(C)C. The van der Waals surface area contributed by atoms with Gasteiger partial charge in [0.05, 0.1) is 25.0 Å². The average molecular weight is 272 g/mol. The highest BCUT2D eigenvalue weighted by atomic mass is 16.5. The third-order valence-electron chi connectivity index (χ3n) is 3.17. The highest BCUT2D eigenvalue weighted by Gasteiger charge is 2.37. The van der Waals surface area contributed by atoms with Gasteiger partial charge in [-0.05, 0) is 26.2 Å². The highest BCUT2D eigenvalue weighted by molar-refractivity contribution is 5.82. The average Bonchev–Trinajstić information content (AvgIpc) is 2.34. The Morgan fingerprint density at radius 1 is 0.947 bits per heavy atom. The third kappa shape index (κ3) is 6.08. The van der Waals surface area contributed by atoms with Gasteiger partial charge in [0.25, 0.3) is 0 Å². The van der Waals surface area contributed by atoms with Gasteiger partial charge in [-0.2, -0.15) is 0 Å². The largest absolute Gasteiger partial charge is 0.466 e. The molecule has 0 amide bonds. The first-order valence-corrected chi connectivity index (χ1v) is 7.32. The molecule has 2 atom stereocenters. The van der Waals surface area contributed by atoms with E-state index in [4.69, 9.17) is 9.47 Å². The molecular formula is C15H28O4. The lowest BCUT2D eigenvalue weighted by molar-refractivity contribution is -0.162. The second-order valence-corrected chi connectivity index (χ2v) is 5.02. The number of esters is 2. The van der Waals surface area contributed by atoms with Crippen molar-refractivity contribution in [3.05, 3.63) is 0 Å². The van der Waals surface area contributed by atoms with E-state index in [1.54, 1.807) is 13.8 Å². The quantitative estimate of drug-likeness (QED) is 0.605. The molecule has 4 nitrogen and oxygen atoms in total. The Balaban J connectivity index is 5.00. The highest BCUT2D eigenvalue weighted by Crippen LogP contribution is 2.28. The standard InChI is InChI=1S/C15H28O4/c1-6-9-10-12(14(16)18-7-2)13(11(4)5)15(17)19-8-3/h11-13H,6-10H2,1-5H3. The van der Waals surface area contributed by atoms with Crippen LogP contribution in [-0.2, 0) is 19.1 Å². The van der Waals surface area contributed by atoms with Crippen LogP contribution in [0.4, 0.5) is 0 Å². The van der Waals surface area contributed by atoms with Crippen LogP contribution >= 0.6 is 0 Å². The van der Waals surface area contributed by atoms with Gasteiger partial charge in [0.1, 0.15) is 0 Å². The van der Waals surface area contributed by atoms with Crippen molar-refractivity contribution >= 4 is 11.9 Å². The minimum absolute atomic E-state index is 0.0605. The molecule has 0 spiro atoms. The minimum atomic E-state index is -0.412. The van der Waals surface area contributed by atoms with Crippen molar-refractivity contribution in [1.29, 1.82) is 0 Å². The van der Waals surface area contributed by atoms with Crippen LogP contribution in [0.25, 0.3) is 0 Å². The van der Waals surface area contributed by atoms with E-state index in [1.807, 2.05) is 13.8 Å². The Morgan fingerprint density at radius 2 is 1.47 bits per heavy atom. The predicted octanol–water partition coefficient (Wildman–Crippen LogP) is 3.19. The second-order valence-electron chi connectivity index (χ2n) is 5.02. The van der Waals surface area contributed by atoms with Crippen LogP contribution in [0.15, 0.2) is 0 Å². The molecule has 0 aliphatic carbocycles. The van der Waals surface area contributed by atoms with Gasteiger partial charge < -0.3 is 9.47 Å². The van der Waals surface area contributed by atoms with Gasteiger partial charge in [0.15, 0.2) is 0 Å². The molecule has 0 bridgehead atoms. The lowest BCUT2D eigenvalue weighted by Crippen LogP contribution is -2.36. The fourth-order valence-electron chi connectivity index (χ4n) is 2.26. The second kappa shape index (κ2) is 9.82. The monoisotopic (exact) mass is 272 g/mol. The summed E-state index contributed by atoms with van der Waals surface area (Å²) in [5, 5.41) is 0. The summed E-state index contributed by atoms with van der Waals surface area (Å²) >= 11 is 0. The van der Waals surface area contributed by atoms with Crippen molar-refractivity contribution in [2.24, 2.45) is 17.8 Å². The van der Waals surface area contributed by atoms with Crippen LogP contribution < -0.4 is 0 Å². The lowest BCUT2D eigenvalue weighted by atomic mass is 9.80. The molecule has 0 rings (SSSR count). The number of hydrogen-bond acceptors (Lipinski definition) is 4. The maximum absolute atomic E-state index is 12.1. The first-order valence-electron chi connectivity index (χ1n) is 7.32. The molecule has 0 aliphatic rings. The van der Waals surface area contributed by atoms with Crippen LogP contribution in [0.3, 0.4) is 0 Å². The molecule has 19 heavy (non-hydrogen) atoms. The summed E-state index contributed by atoms with van der Waals surface area (Å²) in [7, 11) is 0. The Morgan fingerprint density at radius 3 is 1.89 bits per heavy atom. The normalized spacial score (nSPS) is 14.0. The van der Waals surface area contributed by atoms with Gasteiger partial charge in [0.2, 0.25) is 0 Å². The van der Waals surface area contributed by atoms with Gasteiger partial charge in [0, 0.05) is 0 Å². The van der Waals surface area contributed by atoms with Gasteiger partial charge in [-0.3, -0.25) is 9.59 Å². The topological polar surface area (TPSA) is 52.6 Å². The van der Waals surface area contributed by atoms with Crippen molar-refractivity contribution in [2.45, 2.75) is 53.9 Å². The van der Waals surface area contributed by atoms with Crippen molar-refractivity contribution in [1.82, 2.24) is 0 Å². The molecule has 0 aromatic rings. The van der Waals surface area contributed by atoms with E-state index in [-0.39, 0.29) is 23.8 Å².